The minimum absolute atomic E-state index is 0.726. The van der Waals surface area contributed by atoms with Crippen LogP contribution in [0.2, 0.25) is 0 Å². The van der Waals surface area contributed by atoms with Crippen molar-refractivity contribution in [1.29, 1.82) is 0 Å². The van der Waals surface area contributed by atoms with Gasteiger partial charge >= 0.3 is 0 Å². The second-order valence-electron chi connectivity index (χ2n) is 6.46. The van der Waals surface area contributed by atoms with Gasteiger partial charge < -0.3 is 9.88 Å². The van der Waals surface area contributed by atoms with Crippen molar-refractivity contribution in [3.63, 3.8) is 0 Å². The Balaban J connectivity index is 2.30. The third-order valence-electron chi connectivity index (χ3n) is 4.49. The molecule has 0 saturated heterocycles. The molecule has 0 unspecified atom stereocenters. The van der Waals surface area contributed by atoms with Gasteiger partial charge in [0.2, 0.25) is 0 Å². The SMILES string of the molecule is CCc1nc2c(n1CC(C(C)C)C(C)C)CCNC2. The first-order valence-corrected chi connectivity index (χ1v) is 7.82. The van der Waals surface area contributed by atoms with Crippen molar-refractivity contribution in [3.05, 3.63) is 17.2 Å². The number of aryl methyl sites for hydroxylation is 1. The van der Waals surface area contributed by atoms with E-state index in [-0.39, 0.29) is 0 Å². The van der Waals surface area contributed by atoms with Crippen LogP contribution >= 0.6 is 0 Å². The van der Waals surface area contributed by atoms with Crippen molar-refractivity contribution >= 4 is 0 Å². The summed E-state index contributed by atoms with van der Waals surface area (Å²) < 4.78 is 2.53. The van der Waals surface area contributed by atoms with E-state index in [1.165, 1.54) is 17.2 Å². The van der Waals surface area contributed by atoms with Crippen molar-refractivity contribution in [2.45, 2.75) is 60.5 Å². The van der Waals surface area contributed by atoms with E-state index in [9.17, 15) is 0 Å². The molecule has 0 amide bonds. The van der Waals surface area contributed by atoms with E-state index in [1.807, 2.05) is 0 Å². The maximum absolute atomic E-state index is 4.84. The highest BCUT2D eigenvalue weighted by molar-refractivity contribution is 5.20. The summed E-state index contributed by atoms with van der Waals surface area (Å²) in [6.07, 6.45) is 2.17. The van der Waals surface area contributed by atoms with Gasteiger partial charge in [0.25, 0.3) is 0 Å². The molecule has 0 aromatic carbocycles. The van der Waals surface area contributed by atoms with Crippen LogP contribution in [0.5, 0.6) is 0 Å². The zero-order valence-electron chi connectivity index (χ0n) is 13.2. The summed E-state index contributed by atoms with van der Waals surface area (Å²) in [7, 11) is 0. The average Bonchev–Trinajstić information content (AvgIpc) is 2.72. The molecule has 1 aromatic heterocycles. The van der Waals surface area contributed by atoms with Crippen LogP contribution < -0.4 is 5.32 Å². The molecule has 0 saturated carbocycles. The van der Waals surface area contributed by atoms with Crippen LogP contribution in [-0.4, -0.2) is 16.1 Å². The number of fused-ring (bicyclic) bond motifs is 1. The summed E-state index contributed by atoms with van der Waals surface area (Å²) in [5.74, 6) is 3.47. The van der Waals surface area contributed by atoms with Crippen molar-refractivity contribution in [3.8, 4) is 0 Å². The molecule has 0 fully saturated rings. The van der Waals surface area contributed by atoms with Crippen LogP contribution in [0.3, 0.4) is 0 Å². The van der Waals surface area contributed by atoms with E-state index in [4.69, 9.17) is 4.98 Å². The summed E-state index contributed by atoms with van der Waals surface area (Å²) in [6.45, 7) is 14.8. The molecule has 1 aromatic rings. The van der Waals surface area contributed by atoms with Crippen LogP contribution in [0.25, 0.3) is 0 Å². The molecule has 19 heavy (non-hydrogen) atoms. The van der Waals surface area contributed by atoms with Crippen LogP contribution in [0.1, 0.15) is 51.8 Å². The van der Waals surface area contributed by atoms with E-state index in [0.717, 1.165) is 50.2 Å². The lowest BCUT2D eigenvalue weighted by atomic mass is 9.85. The van der Waals surface area contributed by atoms with Gasteiger partial charge in [-0.05, 0) is 17.8 Å². The first kappa shape index (κ1) is 14.6. The fourth-order valence-corrected chi connectivity index (χ4v) is 3.31. The third-order valence-corrected chi connectivity index (χ3v) is 4.49. The Morgan fingerprint density at radius 2 is 1.89 bits per heavy atom. The molecule has 1 aliphatic rings. The molecule has 0 aliphatic carbocycles. The normalized spacial score (nSPS) is 15.6. The molecule has 0 spiro atoms. The van der Waals surface area contributed by atoms with Crippen LogP contribution in [0.4, 0.5) is 0 Å². The third kappa shape index (κ3) is 3.02. The highest BCUT2D eigenvalue weighted by atomic mass is 15.1. The molecule has 0 radical (unpaired) electrons. The van der Waals surface area contributed by atoms with Gasteiger partial charge in [0.1, 0.15) is 5.82 Å². The van der Waals surface area contributed by atoms with Crippen molar-refractivity contribution in [1.82, 2.24) is 14.9 Å². The second-order valence-corrected chi connectivity index (χ2v) is 6.46. The zero-order valence-corrected chi connectivity index (χ0v) is 13.2. The Kier molecular flexibility index (Phi) is 4.67. The van der Waals surface area contributed by atoms with Gasteiger partial charge in [0, 0.05) is 38.2 Å². The lowest BCUT2D eigenvalue weighted by molar-refractivity contribution is 0.247. The molecule has 108 valence electrons. The number of imidazole rings is 1. The molecule has 0 bridgehead atoms. The first-order valence-electron chi connectivity index (χ1n) is 7.82. The van der Waals surface area contributed by atoms with Gasteiger partial charge in [0.05, 0.1) is 5.69 Å². The van der Waals surface area contributed by atoms with Crippen molar-refractivity contribution in [2.24, 2.45) is 17.8 Å². The van der Waals surface area contributed by atoms with E-state index in [2.05, 4.69) is 44.5 Å². The molecule has 3 heteroatoms. The largest absolute Gasteiger partial charge is 0.331 e. The Morgan fingerprint density at radius 1 is 1.21 bits per heavy atom. The number of nitrogens with zero attached hydrogens (tertiary/aromatic N) is 2. The van der Waals surface area contributed by atoms with Crippen LogP contribution in [0.15, 0.2) is 0 Å². The van der Waals surface area contributed by atoms with Gasteiger partial charge in [-0.2, -0.15) is 0 Å². The molecule has 2 heterocycles. The van der Waals surface area contributed by atoms with Gasteiger partial charge in [-0.25, -0.2) is 4.98 Å². The lowest BCUT2D eigenvalue weighted by Crippen LogP contribution is -2.28. The number of rotatable bonds is 5. The molecular formula is C16H29N3. The van der Waals surface area contributed by atoms with E-state index >= 15 is 0 Å². The predicted octanol–water partition coefficient (Wildman–Crippen LogP) is 3.02. The van der Waals surface area contributed by atoms with Gasteiger partial charge in [-0.15, -0.1) is 0 Å². The second kappa shape index (κ2) is 6.08. The molecule has 1 N–H and O–H groups in total. The van der Waals surface area contributed by atoms with E-state index in [0.29, 0.717) is 0 Å². The van der Waals surface area contributed by atoms with Gasteiger partial charge in [-0.3, -0.25) is 0 Å². The van der Waals surface area contributed by atoms with Gasteiger partial charge in [0.15, 0.2) is 0 Å². The standard InChI is InChI=1S/C16H29N3/c1-6-16-18-14-9-17-8-7-15(14)19(16)10-13(11(2)3)12(4)5/h11-13,17H,6-10H2,1-5H3. The molecule has 1 aliphatic heterocycles. The Labute approximate surface area is 117 Å². The molecule has 2 rings (SSSR count). The number of nitrogens with one attached hydrogen (secondary N) is 1. The minimum atomic E-state index is 0.726. The van der Waals surface area contributed by atoms with E-state index < -0.39 is 0 Å². The highest BCUT2D eigenvalue weighted by Crippen LogP contribution is 2.26. The van der Waals surface area contributed by atoms with Crippen LogP contribution in [0, 0.1) is 17.8 Å². The fraction of sp³-hybridized carbons (Fsp3) is 0.812. The Hall–Kier alpha value is -0.830. The Bertz CT molecular complexity index is 410. The summed E-state index contributed by atoms with van der Waals surface area (Å²) in [5, 5.41) is 3.43. The number of hydrogen-bond donors (Lipinski definition) is 1. The Morgan fingerprint density at radius 3 is 2.47 bits per heavy atom. The number of hydrogen-bond acceptors (Lipinski definition) is 2. The summed E-state index contributed by atoms with van der Waals surface area (Å²) >= 11 is 0. The first-order chi connectivity index (χ1) is 9.04. The summed E-state index contributed by atoms with van der Waals surface area (Å²) in [5.41, 5.74) is 2.77. The van der Waals surface area contributed by atoms with E-state index in [1.54, 1.807) is 0 Å². The zero-order chi connectivity index (χ0) is 14.0. The maximum Gasteiger partial charge on any atom is 0.108 e. The minimum Gasteiger partial charge on any atom is -0.331 e. The molecule has 0 atom stereocenters. The lowest BCUT2D eigenvalue weighted by Gasteiger charge is -2.27. The maximum atomic E-state index is 4.84. The quantitative estimate of drug-likeness (QED) is 0.885. The molecular weight excluding hydrogens is 234 g/mol. The molecule has 3 nitrogen and oxygen atoms in total. The van der Waals surface area contributed by atoms with Gasteiger partial charge in [-0.1, -0.05) is 34.6 Å². The number of aromatic nitrogens is 2. The fourth-order valence-electron chi connectivity index (χ4n) is 3.31. The summed E-state index contributed by atoms with van der Waals surface area (Å²) in [4.78, 5) is 4.84. The topological polar surface area (TPSA) is 29.9 Å². The van der Waals surface area contributed by atoms with Crippen molar-refractivity contribution < 1.29 is 0 Å². The average molecular weight is 263 g/mol. The highest BCUT2D eigenvalue weighted by Gasteiger charge is 2.24. The predicted molar refractivity (Wildman–Crippen MR) is 80.2 cm³/mol. The van der Waals surface area contributed by atoms with Crippen LogP contribution in [-0.2, 0) is 25.9 Å². The summed E-state index contributed by atoms with van der Waals surface area (Å²) in [6, 6.07) is 0. The smallest absolute Gasteiger partial charge is 0.108 e. The van der Waals surface area contributed by atoms with Crippen molar-refractivity contribution in [2.75, 3.05) is 6.54 Å². The monoisotopic (exact) mass is 263 g/mol.